The molecule has 1 saturated carbocycles. The van der Waals surface area contributed by atoms with Gasteiger partial charge >= 0.3 is 0 Å². The highest BCUT2D eigenvalue weighted by molar-refractivity contribution is 5.48. The van der Waals surface area contributed by atoms with E-state index in [1.54, 1.807) is 0 Å². The van der Waals surface area contributed by atoms with Gasteiger partial charge in [0, 0.05) is 25.1 Å². The van der Waals surface area contributed by atoms with Crippen molar-refractivity contribution < 1.29 is 4.74 Å². The molecule has 1 atom stereocenters. The second-order valence-electron chi connectivity index (χ2n) is 6.35. The number of anilines is 2. The zero-order valence-electron chi connectivity index (χ0n) is 11.9. The maximum Gasteiger partial charge on any atom is 0.136 e. The number of hydrogen-bond acceptors (Lipinski definition) is 5. The van der Waals surface area contributed by atoms with Crippen molar-refractivity contribution in [1.29, 1.82) is 0 Å². The number of nitrogens with zero attached hydrogens (tertiary/aromatic N) is 3. The van der Waals surface area contributed by atoms with E-state index in [1.165, 1.54) is 12.8 Å². The molecular weight excluding hydrogens is 240 g/mol. The van der Waals surface area contributed by atoms with Crippen molar-refractivity contribution in [3.8, 4) is 0 Å². The molecular formula is C14H22N4O. The molecule has 5 nitrogen and oxygen atoms in total. The largest absolute Gasteiger partial charge is 0.384 e. The Labute approximate surface area is 114 Å². The van der Waals surface area contributed by atoms with Gasteiger partial charge in [-0.1, -0.05) is 0 Å². The Morgan fingerprint density at radius 2 is 2.11 bits per heavy atom. The van der Waals surface area contributed by atoms with Crippen LogP contribution in [0.4, 0.5) is 11.6 Å². The van der Waals surface area contributed by atoms with Gasteiger partial charge in [-0.25, -0.2) is 9.97 Å². The van der Waals surface area contributed by atoms with Crippen LogP contribution in [0, 0.1) is 0 Å². The zero-order valence-corrected chi connectivity index (χ0v) is 11.9. The van der Waals surface area contributed by atoms with Gasteiger partial charge in [-0.05, 0) is 33.6 Å². The normalized spacial score (nSPS) is 26.5. The van der Waals surface area contributed by atoms with Crippen LogP contribution in [0.3, 0.4) is 0 Å². The van der Waals surface area contributed by atoms with E-state index in [9.17, 15) is 0 Å². The van der Waals surface area contributed by atoms with E-state index in [0.717, 1.165) is 24.7 Å². The summed E-state index contributed by atoms with van der Waals surface area (Å²) in [5.41, 5.74) is 5.77. The van der Waals surface area contributed by atoms with Crippen molar-refractivity contribution in [2.45, 2.75) is 51.2 Å². The van der Waals surface area contributed by atoms with Crippen molar-refractivity contribution >= 4 is 11.6 Å². The third kappa shape index (κ3) is 2.81. The second-order valence-corrected chi connectivity index (χ2v) is 6.35. The molecule has 2 heterocycles. The summed E-state index contributed by atoms with van der Waals surface area (Å²) in [4.78, 5) is 11.3. The van der Waals surface area contributed by atoms with Crippen molar-refractivity contribution in [3.05, 3.63) is 11.9 Å². The molecule has 1 aromatic rings. The standard InChI is InChI=1S/C14H22N4O/c1-9-7-18(8-14(2,3)19-9)12-6-11(15)16-13(17-12)10-4-5-10/h6,9-10H,4-5,7-8H2,1-3H3,(H2,15,16,17). The van der Waals surface area contributed by atoms with E-state index in [4.69, 9.17) is 15.5 Å². The predicted octanol–water partition coefficient (Wildman–Crippen LogP) is 1.94. The molecule has 1 aliphatic carbocycles. The molecule has 0 amide bonds. The lowest BCUT2D eigenvalue weighted by molar-refractivity contribution is -0.0751. The van der Waals surface area contributed by atoms with E-state index in [1.807, 2.05) is 6.07 Å². The van der Waals surface area contributed by atoms with Gasteiger partial charge in [0.05, 0.1) is 11.7 Å². The summed E-state index contributed by atoms with van der Waals surface area (Å²) in [6, 6.07) is 1.88. The van der Waals surface area contributed by atoms with Gasteiger partial charge in [-0.2, -0.15) is 0 Å². The minimum Gasteiger partial charge on any atom is -0.384 e. The molecule has 19 heavy (non-hydrogen) atoms. The highest BCUT2D eigenvalue weighted by atomic mass is 16.5. The molecule has 0 radical (unpaired) electrons. The summed E-state index contributed by atoms with van der Waals surface area (Å²) < 4.78 is 5.93. The molecule has 1 unspecified atom stereocenters. The molecule has 1 saturated heterocycles. The topological polar surface area (TPSA) is 64.3 Å². The lowest BCUT2D eigenvalue weighted by Crippen LogP contribution is -2.52. The first-order valence-corrected chi connectivity index (χ1v) is 7.00. The van der Waals surface area contributed by atoms with Gasteiger partial charge in [0.25, 0.3) is 0 Å². The Hall–Kier alpha value is -1.36. The summed E-state index contributed by atoms with van der Waals surface area (Å²) in [5.74, 6) is 2.95. The number of morpholine rings is 1. The first kappa shape index (κ1) is 12.7. The molecule has 0 spiro atoms. The lowest BCUT2D eigenvalue weighted by atomic mass is 10.1. The van der Waals surface area contributed by atoms with Crippen LogP contribution in [-0.2, 0) is 4.74 Å². The van der Waals surface area contributed by atoms with E-state index in [2.05, 4.69) is 30.7 Å². The SMILES string of the molecule is CC1CN(c2cc(N)nc(C3CC3)n2)CC(C)(C)O1. The van der Waals surface area contributed by atoms with E-state index in [0.29, 0.717) is 11.7 Å². The average molecular weight is 262 g/mol. The monoisotopic (exact) mass is 262 g/mol. The maximum atomic E-state index is 5.93. The Kier molecular flexibility index (Phi) is 2.89. The summed E-state index contributed by atoms with van der Waals surface area (Å²) in [6.45, 7) is 8.01. The highest BCUT2D eigenvalue weighted by Gasteiger charge is 2.33. The third-order valence-corrected chi connectivity index (χ3v) is 3.59. The van der Waals surface area contributed by atoms with Crippen LogP contribution in [0.25, 0.3) is 0 Å². The highest BCUT2D eigenvalue weighted by Crippen LogP contribution is 2.39. The van der Waals surface area contributed by atoms with E-state index < -0.39 is 0 Å². The van der Waals surface area contributed by atoms with Crippen LogP contribution in [-0.4, -0.2) is 34.8 Å². The van der Waals surface area contributed by atoms with E-state index >= 15 is 0 Å². The molecule has 2 N–H and O–H groups in total. The van der Waals surface area contributed by atoms with Crippen LogP contribution in [0.2, 0.25) is 0 Å². The van der Waals surface area contributed by atoms with E-state index in [-0.39, 0.29) is 11.7 Å². The Balaban J connectivity index is 1.88. The van der Waals surface area contributed by atoms with Crippen molar-refractivity contribution in [3.63, 3.8) is 0 Å². The summed E-state index contributed by atoms with van der Waals surface area (Å²) in [7, 11) is 0. The van der Waals surface area contributed by atoms with Gasteiger partial charge in [-0.3, -0.25) is 0 Å². The fraction of sp³-hybridized carbons (Fsp3) is 0.714. The number of rotatable bonds is 2. The number of nitrogen functional groups attached to an aromatic ring is 1. The molecule has 3 rings (SSSR count). The summed E-state index contributed by atoms with van der Waals surface area (Å²) in [6.07, 6.45) is 2.58. The Morgan fingerprint density at radius 1 is 1.37 bits per heavy atom. The van der Waals surface area contributed by atoms with Crippen LogP contribution in [0.1, 0.15) is 45.4 Å². The fourth-order valence-electron chi connectivity index (χ4n) is 2.79. The number of ether oxygens (including phenoxy) is 1. The minimum absolute atomic E-state index is 0.156. The van der Waals surface area contributed by atoms with Gasteiger partial charge in [0.15, 0.2) is 0 Å². The van der Waals surface area contributed by atoms with Crippen LogP contribution < -0.4 is 10.6 Å². The maximum absolute atomic E-state index is 5.93. The number of aromatic nitrogens is 2. The third-order valence-electron chi connectivity index (χ3n) is 3.59. The van der Waals surface area contributed by atoms with Gasteiger partial charge in [0.2, 0.25) is 0 Å². The van der Waals surface area contributed by atoms with Crippen molar-refractivity contribution in [2.24, 2.45) is 0 Å². The van der Waals surface area contributed by atoms with Crippen LogP contribution in [0.15, 0.2) is 6.07 Å². The second kappa shape index (κ2) is 4.34. The molecule has 1 aliphatic heterocycles. The van der Waals surface area contributed by atoms with Gasteiger partial charge < -0.3 is 15.4 Å². The fourth-order valence-corrected chi connectivity index (χ4v) is 2.79. The smallest absolute Gasteiger partial charge is 0.136 e. The summed E-state index contributed by atoms with van der Waals surface area (Å²) >= 11 is 0. The van der Waals surface area contributed by atoms with Crippen molar-refractivity contribution in [2.75, 3.05) is 23.7 Å². The average Bonchev–Trinajstić information content (AvgIpc) is 3.08. The molecule has 5 heteroatoms. The molecule has 0 aromatic carbocycles. The van der Waals surface area contributed by atoms with Crippen LogP contribution in [0.5, 0.6) is 0 Å². The number of nitrogens with two attached hydrogens (primary N) is 1. The predicted molar refractivity (Wildman–Crippen MR) is 75.3 cm³/mol. The number of hydrogen-bond donors (Lipinski definition) is 1. The minimum atomic E-state index is -0.156. The molecule has 104 valence electrons. The summed E-state index contributed by atoms with van der Waals surface area (Å²) in [5, 5.41) is 0. The molecule has 2 fully saturated rings. The molecule has 2 aliphatic rings. The first-order chi connectivity index (χ1) is 8.93. The Bertz CT molecular complexity index is 484. The van der Waals surface area contributed by atoms with Crippen LogP contribution >= 0.6 is 0 Å². The lowest BCUT2D eigenvalue weighted by Gasteiger charge is -2.42. The van der Waals surface area contributed by atoms with Crippen molar-refractivity contribution in [1.82, 2.24) is 9.97 Å². The Morgan fingerprint density at radius 3 is 2.74 bits per heavy atom. The van der Waals surface area contributed by atoms with Gasteiger partial charge in [0.1, 0.15) is 17.5 Å². The zero-order chi connectivity index (χ0) is 13.6. The molecule has 1 aromatic heterocycles. The first-order valence-electron chi connectivity index (χ1n) is 7.00. The quantitative estimate of drug-likeness (QED) is 0.882. The molecule has 0 bridgehead atoms. The van der Waals surface area contributed by atoms with Gasteiger partial charge in [-0.15, -0.1) is 0 Å².